The topological polar surface area (TPSA) is 64.6 Å². The van der Waals surface area contributed by atoms with E-state index in [4.69, 9.17) is 9.47 Å². The summed E-state index contributed by atoms with van der Waals surface area (Å²) in [6.45, 7) is 1.65. The van der Waals surface area contributed by atoms with Gasteiger partial charge in [-0.3, -0.25) is 9.59 Å². The van der Waals surface area contributed by atoms with Gasteiger partial charge in [-0.1, -0.05) is 30.3 Å². The van der Waals surface area contributed by atoms with E-state index >= 15 is 0 Å². The van der Waals surface area contributed by atoms with Crippen molar-refractivity contribution in [3.63, 3.8) is 0 Å². The molecule has 25 heavy (non-hydrogen) atoms. The van der Waals surface area contributed by atoms with E-state index in [0.29, 0.717) is 0 Å². The van der Waals surface area contributed by atoms with Gasteiger partial charge in [0.15, 0.2) is 0 Å². The summed E-state index contributed by atoms with van der Waals surface area (Å²) in [7, 11) is 0. The van der Waals surface area contributed by atoms with Crippen LogP contribution < -0.4 is 5.32 Å². The van der Waals surface area contributed by atoms with Crippen LogP contribution in [-0.2, 0) is 24.7 Å². The average Bonchev–Trinajstić information content (AvgIpc) is 3.25. The van der Waals surface area contributed by atoms with Crippen LogP contribution in [0.3, 0.4) is 0 Å². The first-order valence-electron chi connectivity index (χ1n) is 9.37. The van der Waals surface area contributed by atoms with E-state index in [9.17, 15) is 9.59 Å². The van der Waals surface area contributed by atoms with Gasteiger partial charge in [0, 0.05) is 18.8 Å². The zero-order valence-corrected chi connectivity index (χ0v) is 14.1. The second-order valence-corrected chi connectivity index (χ2v) is 7.95. The first-order valence-corrected chi connectivity index (χ1v) is 9.37. The van der Waals surface area contributed by atoms with Crippen molar-refractivity contribution in [2.75, 3.05) is 13.1 Å². The summed E-state index contributed by atoms with van der Waals surface area (Å²) in [5, 5.41) is 3.35. The lowest BCUT2D eigenvalue weighted by Gasteiger charge is -2.39. The second-order valence-electron chi connectivity index (χ2n) is 7.95. The highest BCUT2D eigenvalue weighted by Gasteiger charge is 2.65. The van der Waals surface area contributed by atoms with Crippen LogP contribution in [0.1, 0.15) is 31.2 Å². The van der Waals surface area contributed by atoms with Gasteiger partial charge in [-0.2, -0.15) is 0 Å². The lowest BCUT2D eigenvalue weighted by atomic mass is 9.79. The van der Waals surface area contributed by atoms with Crippen LogP contribution in [0.4, 0.5) is 0 Å². The first kappa shape index (κ1) is 15.4. The largest absolute Gasteiger partial charge is 0.462 e. The molecule has 1 N–H and O–H groups in total. The van der Waals surface area contributed by atoms with Crippen molar-refractivity contribution in [3.8, 4) is 0 Å². The van der Waals surface area contributed by atoms with Gasteiger partial charge in [-0.15, -0.1) is 0 Å². The van der Waals surface area contributed by atoms with Crippen molar-refractivity contribution >= 4 is 11.9 Å². The monoisotopic (exact) mass is 341 g/mol. The maximum atomic E-state index is 13.2. The summed E-state index contributed by atoms with van der Waals surface area (Å²) in [5.74, 6) is -0.488. The summed E-state index contributed by atoms with van der Waals surface area (Å²) in [6, 6.07) is 10.0. The Morgan fingerprint density at radius 3 is 2.68 bits per heavy atom. The number of hydrogen-bond donors (Lipinski definition) is 1. The lowest BCUT2D eigenvalue weighted by Crippen LogP contribution is -2.45. The molecule has 1 aromatic rings. The average molecular weight is 341 g/mol. The highest BCUT2D eigenvalue weighted by molar-refractivity contribution is 5.86. The van der Waals surface area contributed by atoms with Crippen LogP contribution in [0, 0.1) is 23.7 Å². The molecule has 5 rings (SSSR count). The third-order valence-electron chi connectivity index (χ3n) is 6.76. The van der Waals surface area contributed by atoms with Gasteiger partial charge < -0.3 is 14.8 Å². The van der Waals surface area contributed by atoms with Crippen LogP contribution in [0.15, 0.2) is 30.3 Å². The van der Waals surface area contributed by atoms with Crippen LogP contribution in [0.2, 0.25) is 0 Å². The predicted molar refractivity (Wildman–Crippen MR) is 89.4 cm³/mol. The number of piperidine rings is 1. The van der Waals surface area contributed by atoms with E-state index in [1.54, 1.807) is 0 Å². The molecule has 2 saturated heterocycles. The minimum absolute atomic E-state index is 0.0496. The zero-order chi connectivity index (χ0) is 17.0. The van der Waals surface area contributed by atoms with Gasteiger partial charge >= 0.3 is 11.9 Å². The Hall–Kier alpha value is -1.88. The van der Waals surface area contributed by atoms with E-state index in [1.165, 1.54) is 0 Å². The number of hydrogen-bond acceptors (Lipinski definition) is 5. The predicted octanol–water partition coefficient (Wildman–Crippen LogP) is 2.01. The van der Waals surface area contributed by atoms with Gasteiger partial charge in [0.2, 0.25) is 0 Å². The Balaban J connectivity index is 1.43. The molecule has 4 aliphatic rings. The van der Waals surface area contributed by atoms with Crippen LogP contribution in [-0.4, -0.2) is 31.1 Å². The number of nitrogens with one attached hydrogen (secondary N) is 1. The fraction of sp³-hybridized carbons (Fsp3) is 0.600. The van der Waals surface area contributed by atoms with Gasteiger partial charge in [0.05, 0.1) is 11.8 Å². The molecule has 0 spiro atoms. The smallest absolute Gasteiger partial charge is 0.311 e. The molecule has 2 bridgehead atoms. The molecule has 2 aliphatic heterocycles. The standard InChI is InChI=1S/C20H23NO4/c22-18-17-14-10-12(11-15(14)24-18)16(17)19(23)25-20(6-8-21-9-7-20)13-4-2-1-3-5-13/h1-5,12,14-17,21H,6-11H2. The van der Waals surface area contributed by atoms with Crippen molar-refractivity contribution in [2.45, 2.75) is 37.4 Å². The number of esters is 2. The highest BCUT2D eigenvalue weighted by atomic mass is 16.6. The van der Waals surface area contributed by atoms with Gasteiger partial charge in [0.1, 0.15) is 11.7 Å². The lowest BCUT2D eigenvalue weighted by molar-refractivity contribution is -0.174. The van der Waals surface area contributed by atoms with Crippen molar-refractivity contribution in [3.05, 3.63) is 35.9 Å². The quantitative estimate of drug-likeness (QED) is 0.852. The summed E-state index contributed by atoms with van der Waals surface area (Å²) < 4.78 is 11.7. The minimum Gasteiger partial charge on any atom is -0.462 e. The molecule has 5 atom stereocenters. The fourth-order valence-electron chi connectivity index (χ4n) is 5.61. The van der Waals surface area contributed by atoms with Gasteiger partial charge in [0.25, 0.3) is 0 Å². The molecular formula is C20H23NO4. The molecule has 132 valence electrons. The Labute approximate surface area is 147 Å². The van der Waals surface area contributed by atoms with E-state index < -0.39 is 5.60 Å². The third-order valence-corrected chi connectivity index (χ3v) is 6.76. The normalized spacial score (nSPS) is 37.8. The molecule has 1 aromatic carbocycles. The van der Waals surface area contributed by atoms with Crippen LogP contribution >= 0.6 is 0 Å². The fourth-order valence-corrected chi connectivity index (χ4v) is 5.61. The summed E-state index contributed by atoms with van der Waals surface area (Å²) >= 11 is 0. The van der Waals surface area contributed by atoms with E-state index in [2.05, 4.69) is 5.32 Å². The molecule has 2 heterocycles. The number of carbonyl (C=O) groups excluding carboxylic acids is 2. The molecular weight excluding hydrogens is 318 g/mol. The maximum absolute atomic E-state index is 13.2. The summed E-state index contributed by atoms with van der Waals surface area (Å²) in [6.07, 6.45) is 3.34. The summed E-state index contributed by atoms with van der Waals surface area (Å²) in [5.41, 5.74) is 0.479. The van der Waals surface area contributed by atoms with E-state index in [-0.39, 0.29) is 41.7 Å². The number of fused-ring (bicyclic) bond motifs is 1. The van der Waals surface area contributed by atoms with Crippen molar-refractivity contribution < 1.29 is 19.1 Å². The Kier molecular flexibility index (Phi) is 3.42. The Bertz CT molecular complexity index is 695. The number of benzene rings is 1. The first-order chi connectivity index (χ1) is 12.2. The number of ether oxygens (including phenoxy) is 2. The maximum Gasteiger partial charge on any atom is 0.311 e. The molecule has 4 fully saturated rings. The summed E-state index contributed by atoms with van der Waals surface area (Å²) in [4.78, 5) is 25.4. The Morgan fingerprint density at radius 2 is 1.92 bits per heavy atom. The molecule has 2 saturated carbocycles. The number of carbonyl (C=O) groups is 2. The van der Waals surface area contributed by atoms with Gasteiger partial charge in [-0.25, -0.2) is 0 Å². The number of rotatable bonds is 3. The minimum atomic E-state index is -0.576. The molecule has 0 amide bonds. The SMILES string of the molecule is O=C(OC1(c2ccccc2)CCNCC1)C1C2CC3OC(=O)C1C3C2. The Morgan fingerprint density at radius 1 is 1.16 bits per heavy atom. The highest BCUT2D eigenvalue weighted by Crippen LogP contribution is 2.58. The third kappa shape index (κ3) is 2.25. The molecule has 2 aliphatic carbocycles. The molecule has 5 nitrogen and oxygen atoms in total. The van der Waals surface area contributed by atoms with E-state index in [0.717, 1.165) is 44.3 Å². The molecule has 5 unspecified atom stereocenters. The van der Waals surface area contributed by atoms with Crippen molar-refractivity contribution in [1.29, 1.82) is 0 Å². The van der Waals surface area contributed by atoms with E-state index in [1.807, 2.05) is 30.3 Å². The van der Waals surface area contributed by atoms with Crippen molar-refractivity contribution in [1.82, 2.24) is 5.32 Å². The van der Waals surface area contributed by atoms with Gasteiger partial charge in [-0.05, 0) is 37.4 Å². The van der Waals surface area contributed by atoms with Crippen LogP contribution in [0.5, 0.6) is 0 Å². The molecule has 0 aromatic heterocycles. The van der Waals surface area contributed by atoms with Crippen LogP contribution in [0.25, 0.3) is 0 Å². The zero-order valence-electron chi connectivity index (χ0n) is 14.1. The second kappa shape index (κ2) is 5.56. The van der Waals surface area contributed by atoms with Crippen molar-refractivity contribution in [2.24, 2.45) is 23.7 Å². The molecule has 5 heteroatoms. The molecule has 0 radical (unpaired) electrons.